The molecule has 16 heavy (non-hydrogen) atoms. The van der Waals surface area contributed by atoms with Crippen molar-refractivity contribution in [3.63, 3.8) is 0 Å². The van der Waals surface area contributed by atoms with Gasteiger partial charge in [0.05, 0.1) is 17.3 Å². The summed E-state index contributed by atoms with van der Waals surface area (Å²) in [6, 6.07) is 7.68. The normalized spacial score (nSPS) is 10.4. The summed E-state index contributed by atoms with van der Waals surface area (Å²) < 4.78 is 13.1. The molecule has 0 aliphatic rings. The molecule has 2 nitrogen and oxygen atoms in total. The van der Waals surface area contributed by atoms with Crippen molar-refractivity contribution in [3.8, 4) is 11.3 Å². The monoisotopic (exact) mass is 237 g/mol. The SMILES string of the molecule is OCc1cc(Cl)cnc1-c1cccc(F)c1. The Balaban J connectivity index is 2.55. The molecule has 1 heterocycles. The minimum atomic E-state index is -0.335. The van der Waals surface area contributed by atoms with Gasteiger partial charge in [-0.1, -0.05) is 23.7 Å². The molecule has 2 rings (SSSR count). The highest BCUT2D eigenvalue weighted by molar-refractivity contribution is 6.30. The van der Waals surface area contributed by atoms with Gasteiger partial charge in [0.2, 0.25) is 0 Å². The van der Waals surface area contributed by atoms with Gasteiger partial charge in [-0.15, -0.1) is 0 Å². The molecule has 0 atom stereocenters. The van der Waals surface area contributed by atoms with Gasteiger partial charge in [0.1, 0.15) is 5.82 Å². The second-order valence-corrected chi connectivity index (χ2v) is 3.77. The summed E-state index contributed by atoms with van der Waals surface area (Å²) in [5, 5.41) is 9.63. The molecule has 1 aromatic heterocycles. The third-order valence-electron chi connectivity index (χ3n) is 2.20. The van der Waals surface area contributed by atoms with Crippen molar-refractivity contribution in [2.24, 2.45) is 0 Å². The van der Waals surface area contributed by atoms with E-state index in [1.54, 1.807) is 18.2 Å². The second kappa shape index (κ2) is 4.60. The number of aromatic nitrogens is 1. The van der Waals surface area contributed by atoms with E-state index in [0.717, 1.165) is 0 Å². The summed E-state index contributed by atoms with van der Waals surface area (Å²) >= 11 is 5.77. The van der Waals surface area contributed by atoms with Crippen molar-refractivity contribution in [1.82, 2.24) is 4.98 Å². The molecule has 2 aromatic rings. The summed E-state index contributed by atoms with van der Waals surface area (Å²) in [5.41, 5.74) is 1.75. The number of nitrogens with zero attached hydrogens (tertiary/aromatic N) is 1. The second-order valence-electron chi connectivity index (χ2n) is 3.33. The molecule has 0 unspecified atom stereocenters. The van der Waals surface area contributed by atoms with Crippen molar-refractivity contribution in [3.05, 3.63) is 52.9 Å². The lowest BCUT2D eigenvalue weighted by molar-refractivity contribution is 0.282. The minimum Gasteiger partial charge on any atom is -0.392 e. The van der Waals surface area contributed by atoms with Gasteiger partial charge >= 0.3 is 0 Å². The zero-order valence-electron chi connectivity index (χ0n) is 8.32. The largest absolute Gasteiger partial charge is 0.392 e. The average Bonchev–Trinajstić information content (AvgIpc) is 2.28. The Morgan fingerprint density at radius 1 is 1.31 bits per heavy atom. The van der Waals surface area contributed by atoms with E-state index in [1.165, 1.54) is 18.3 Å². The molecule has 4 heteroatoms. The van der Waals surface area contributed by atoms with Crippen LogP contribution in [0.4, 0.5) is 4.39 Å². The van der Waals surface area contributed by atoms with E-state index in [0.29, 0.717) is 21.8 Å². The maximum Gasteiger partial charge on any atom is 0.123 e. The van der Waals surface area contributed by atoms with Crippen LogP contribution in [0.2, 0.25) is 5.02 Å². The zero-order chi connectivity index (χ0) is 11.5. The number of benzene rings is 1. The number of aliphatic hydroxyl groups excluding tert-OH is 1. The minimum absolute atomic E-state index is 0.181. The van der Waals surface area contributed by atoms with E-state index in [9.17, 15) is 9.50 Å². The predicted octanol–water partition coefficient (Wildman–Crippen LogP) is 3.03. The smallest absolute Gasteiger partial charge is 0.123 e. The molecule has 0 saturated heterocycles. The Labute approximate surface area is 97.3 Å². The van der Waals surface area contributed by atoms with Crippen LogP contribution >= 0.6 is 11.6 Å². The molecule has 0 aliphatic heterocycles. The topological polar surface area (TPSA) is 33.1 Å². The van der Waals surface area contributed by atoms with Crippen LogP contribution in [0.3, 0.4) is 0 Å². The fourth-order valence-corrected chi connectivity index (χ4v) is 1.68. The molecule has 0 radical (unpaired) electrons. The van der Waals surface area contributed by atoms with Gasteiger partial charge in [-0.2, -0.15) is 0 Å². The summed E-state index contributed by atoms with van der Waals surface area (Å²) in [5.74, 6) is -0.335. The van der Waals surface area contributed by atoms with E-state index in [2.05, 4.69) is 4.98 Å². The Morgan fingerprint density at radius 2 is 2.12 bits per heavy atom. The van der Waals surface area contributed by atoms with Crippen molar-refractivity contribution in [2.75, 3.05) is 0 Å². The number of hydrogen-bond acceptors (Lipinski definition) is 2. The van der Waals surface area contributed by atoms with Crippen LogP contribution in [0.25, 0.3) is 11.3 Å². The van der Waals surface area contributed by atoms with Crippen LogP contribution in [-0.4, -0.2) is 10.1 Å². The first-order valence-corrected chi connectivity index (χ1v) is 5.09. The maximum absolute atomic E-state index is 13.1. The molecule has 0 saturated carbocycles. The summed E-state index contributed by atoms with van der Waals surface area (Å²) in [6.45, 7) is -0.181. The first-order chi connectivity index (χ1) is 7.70. The molecule has 0 aliphatic carbocycles. The van der Waals surface area contributed by atoms with Gasteiger partial charge < -0.3 is 5.11 Å². The highest BCUT2D eigenvalue weighted by Crippen LogP contribution is 2.24. The quantitative estimate of drug-likeness (QED) is 0.871. The summed E-state index contributed by atoms with van der Waals surface area (Å²) in [7, 11) is 0. The number of halogens is 2. The molecule has 0 fully saturated rings. The lowest BCUT2D eigenvalue weighted by Crippen LogP contribution is -1.93. The number of aliphatic hydroxyl groups is 1. The summed E-state index contributed by atoms with van der Waals surface area (Å²) in [4.78, 5) is 4.10. The highest BCUT2D eigenvalue weighted by Gasteiger charge is 2.07. The van der Waals surface area contributed by atoms with Crippen LogP contribution in [0.5, 0.6) is 0 Å². The van der Waals surface area contributed by atoms with Gasteiger partial charge in [0.15, 0.2) is 0 Å². The Bertz CT molecular complexity index is 516. The zero-order valence-corrected chi connectivity index (χ0v) is 9.08. The first-order valence-electron chi connectivity index (χ1n) is 4.72. The third kappa shape index (κ3) is 2.21. The van der Waals surface area contributed by atoms with Crippen molar-refractivity contribution < 1.29 is 9.50 Å². The van der Waals surface area contributed by atoms with Crippen molar-refractivity contribution in [1.29, 1.82) is 0 Å². The van der Waals surface area contributed by atoms with Gasteiger partial charge in [0.25, 0.3) is 0 Å². The van der Waals surface area contributed by atoms with Gasteiger partial charge in [-0.05, 0) is 18.2 Å². The number of pyridine rings is 1. The molecule has 1 aromatic carbocycles. The third-order valence-corrected chi connectivity index (χ3v) is 2.41. The Hall–Kier alpha value is -1.45. The molecule has 82 valence electrons. The van der Waals surface area contributed by atoms with Gasteiger partial charge in [0, 0.05) is 17.3 Å². The van der Waals surface area contributed by atoms with Crippen LogP contribution < -0.4 is 0 Å². The number of hydrogen-bond donors (Lipinski definition) is 1. The van der Waals surface area contributed by atoms with E-state index in [1.807, 2.05) is 0 Å². The highest BCUT2D eigenvalue weighted by atomic mass is 35.5. The van der Waals surface area contributed by atoms with Crippen molar-refractivity contribution in [2.45, 2.75) is 6.61 Å². The molecule has 1 N–H and O–H groups in total. The Morgan fingerprint density at radius 3 is 2.81 bits per heavy atom. The molecular weight excluding hydrogens is 229 g/mol. The van der Waals surface area contributed by atoms with E-state index in [-0.39, 0.29) is 12.4 Å². The molecular formula is C12H9ClFNO. The van der Waals surface area contributed by atoms with Crippen LogP contribution in [0, 0.1) is 5.82 Å². The van der Waals surface area contributed by atoms with E-state index in [4.69, 9.17) is 11.6 Å². The van der Waals surface area contributed by atoms with Crippen LogP contribution in [0.1, 0.15) is 5.56 Å². The standard InChI is InChI=1S/C12H9ClFNO/c13-10-4-9(7-16)12(15-6-10)8-2-1-3-11(14)5-8/h1-6,16H,7H2. The van der Waals surface area contributed by atoms with Crippen LogP contribution in [0.15, 0.2) is 36.5 Å². The van der Waals surface area contributed by atoms with E-state index >= 15 is 0 Å². The van der Waals surface area contributed by atoms with Crippen molar-refractivity contribution >= 4 is 11.6 Å². The summed E-state index contributed by atoms with van der Waals surface area (Å²) in [6.07, 6.45) is 1.47. The fourth-order valence-electron chi connectivity index (χ4n) is 1.50. The van der Waals surface area contributed by atoms with Gasteiger partial charge in [-0.3, -0.25) is 4.98 Å². The van der Waals surface area contributed by atoms with E-state index < -0.39 is 0 Å². The average molecular weight is 238 g/mol. The molecule has 0 amide bonds. The Kier molecular flexibility index (Phi) is 3.17. The first kappa shape index (κ1) is 11.0. The predicted molar refractivity (Wildman–Crippen MR) is 60.6 cm³/mol. The lowest BCUT2D eigenvalue weighted by Gasteiger charge is -2.06. The lowest BCUT2D eigenvalue weighted by atomic mass is 10.1. The maximum atomic E-state index is 13.1. The number of rotatable bonds is 2. The van der Waals surface area contributed by atoms with Crippen LogP contribution in [-0.2, 0) is 6.61 Å². The van der Waals surface area contributed by atoms with Gasteiger partial charge in [-0.25, -0.2) is 4.39 Å². The fraction of sp³-hybridized carbons (Fsp3) is 0.0833. The molecule has 0 spiro atoms. The molecule has 0 bridgehead atoms.